The van der Waals surface area contributed by atoms with E-state index in [1.54, 1.807) is 0 Å². The molecule has 1 fully saturated rings. The molecule has 0 spiro atoms. The number of carbonyl (C=O) groups excluding carboxylic acids is 1. The molecule has 28 heavy (non-hydrogen) atoms. The Morgan fingerprint density at radius 1 is 1.04 bits per heavy atom. The summed E-state index contributed by atoms with van der Waals surface area (Å²) in [6.07, 6.45) is 5.24. The number of rotatable bonds is 3. The monoisotopic (exact) mass is 374 g/mol. The van der Waals surface area contributed by atoms with Gasteiger partial charge in [-0.05, 0) is 37.5 Å². The predicted molar refractivity (Wildman–Crippen MR) is 115 cm³/mol. The molecule has 1 aliphatic carbocycles. The Morgan fingerprint density at radius 2 is 1.79 bits per heavy atom. The van der Waals surface area contributed by atoms with Gasteiger partial charge in [0.05, 0.1) is 11.1 Å². The number of pyridine rings is 1. The normalized spacial score (nSPS) is 14.9. The molecule has 1 saturated carbocycles. The van der Waals surface area contributed by atoms with Crippen LogP contribution in [-0.2, 0) is 11.8 Å². The molecular weight excluding hydrogens is 348 g/mol. The largest absolute Gasteiger partial charge is 0.330 e. The van der Waals surface area contributed by atoms with Gasteiger partial charge in [-0.15, -0.1) is 0 Å². The standard InChI is InChI=1S/C24H26N2O2/c1-16-9-8-12-18(15-16)21-22(27)19-13-6-7-14-20(19)26(2)23(21)25-24(28)17-10-4-3-5-11-17/h6-9,12-15,17H,3-5,10-11H2,1-2H3,(H,25,28). The molecule has 144 valence electrons. The van der Waals surface area contributed by atoms with Crippen LogP contribution in [0.25, 0.3) is 22.0 Å². The Balaban J connectivity index is 1.90. The van der Waals surface area contributed by atoms with E-state index in [0.29, 0.717) is 16.8 Å². The fourth-order valence-corrected chi connectivity index (χ4v) is 4.29. The molecule has 0 aliphatic heterocycles. The molecule has 0 radical (unpaired) electrons. The first-order valence-corrected chi connectivity index (χ1v) is 10.1. The topological polar surface area (TPSA) is 51.1 Å². The molecule has 0 atom stereocenters. The Hall–Kier alpha value is -2.88. The number of amides is 1. The molecular formula is C24H26N2O2. The number of anilines is 1. The molecule has 4 nitrogen and oxygen atoms in total. The zero-order valence-electron chi connectivity index (χ0n) is 16.5. The van der Waals surface area contributed by atoms with Crippen LogP contribution in [0.5, 0.6) is 0 Å². The lowest BCUT2D eigenvalue weighted by molar-refractivity contribution is -0.120. The lowest BCUT2D eigenvalue weighted by Crippen LogP contribution is -2.28. The van der Waals surface area contributed by atoms with Crippen LogP contribution in [-0.4, -0.2) is 10.5 Å². The maximum Gasteiger partial charge on any atom is 0.228 e. The highest BCUT2D eigenvalue weighted by Crippen LogP contribution is 2.31. The van der Waals surface area contributed by atoms with Crippen molar-refractivity contribution in [3.05, 3.63) is 64.3 Å². The van der Waals surface area contributed by atoms with Gasteiger partial charge in [-0.1, -0.05) is 61.2 Å². The second-order valence-corrected chi connectivity index (χ2v) is 7.82. The van der Waals surface area contributed by atoms with E-state index in [9.17, 15) is 9.59 Å². The summed E-state index contributed by atoms with van der Waals surface area (Å²) in [6.45, 7) is 2.01. The van der Waals surface area contributed by atoms with Crippen molar-refractivity contribution in [2.75, 3.05) is 5.32 Å². The van der Waals surface area contributed by atoms with Crippen LogP contribution >= 0.6 is 0 Å². The molecule has 2 aromatic carbocycles. The Morgan fingerprint density at radius 3 is 2.54 bits per heavy atom. The van der Waals surface area contributed by atoms with Crippen molar-refractivity contribution in [1.82, 2.24) is 4.57 Å². The van der Waals surface area contributed by atoms with Gasteiger partial charge in [-0.25, -0.2) is 0 Å². The number of nitrogens with zero attached hydrogens (tertiary/aromatic N) is 1. The number of para-hydroxylation sites is 1. The first kappa shape index (κ1) is 18.5. The van der Waals surface area contributed by atoms with E-state index in [-0.39, 0.29) is 17.3 Å². The van der Waals surface area contributed by atoms with Gasteiger partial charge in [-0.3, -0.25) is 9.59 Å². The number of fused-ring (bicyclic) bond motifs is 1. The summed E-state index contributed by atoms with van der Waals surface area (Å²) in [5.74, 6) is 0.643. The van der Waals surface area contributed by atoms with Gasteiger partial charge in [-0.2, -0.15) is 0 Å². The third kappa shape index (κ3) is 3.35. The average molecular weight is 374 g/mol. The van der Waals surface area contributed by atoms with Gasteiger partial charge < -0.3 is 9.88 Å². The fourth-order valence-electron chi connectivity index (χ4n) is 4.29. The number of carbonyl (C=O) groups is 1. The van der Waals surface area contributed by atoms with Gasteiger partial charge in [0.1, 0.15) is 5.82 Å². The van der Waals surface area contributed by atoms with Gasteiger partial charge in [0.2, 0.25) is 5.91 Å². The summed E-state index contributed by atoms with van der Waals surface area (Å²) in [6, 6.07) is 15.5. The van der Waals surface area contributed by atoms with Crippen LogP contribution in [0.2, 0.25) is 0 Å². The lowest BCUT2D eigenvalue weighted by Gasteiger charge is -2.23. The maximum atomic E-state index is 13.4. The predicted octanol–water partition coefficient (Wildman–Crippen LogP) is 5.03. The van der Waals surface area contributed by atoms with E-state index in [1.165, 1.54) is 6.42 Å². The van der Waals surface area contributed by atoms with Crippen LogP contribution in [0.1, 0.15) is 37.7 Å². The van der Waals surface area contributed by atoms with Crippen molar-refractivity contribution >= 4 is 22.6 Å². The van der Waals surface area contributed by atoms with Crippen LogP contribution < -0.4 is 10.7 Å². The van der Waals surface area contributed by atoms with Gasteiger partial charge in [0.25, 0.3) is 0 Å². The van der Waals surface area contributed by atoms with E-state index in [1.807, 2.05) is 67.1 Å². The SMILES string of the molecule is Cc1cccc(-c2c(NC(=O)C3CCCCC3)n(C)c3ccccc3c2=O)c1. The Labute approximate surface area is 165 Å². The highest BCUT2D eigenvalue weighted by molar-refractivity contribution is 5.99. The van der Waals surface area contributed by atoms with Gasteiger partial charge >= 0.3 is 0 Å². The molecule has 0 bridgehead atoms. The number of nitrogens with one attached hydrogen (secondary N) is 1. The molecule has 0 saturated heterocycles. The molecule has 1 amide bonds. The molecule has 1 aromatic heterocycles. The quantitative estimate of drug-likeness (QED) is 0.699. The highest BCUT2D eigenvalue weighted by atomic mass is 16.2. The van der Waals surface area contributed by atoms with Gasteiger partial charge in [0.15, 0.2) is 5.43 Å². The van der Waals surface area contributed by atoms with Crippen LogP contribution in [0.4, 0.5) is 5.82 Å². The summed E-state index contributed by atoms with van der Waals surface area (Å²) in [7, 11) is 1.91. The molecule has 4 rings (SSSR count). The van der Waals surface area contributed by atoms with Crippen LogP contribution in [0.15, 0.2) is 53.3 Å². The van der Waals surface area contributed by atoms with E-state index < -0.39 is 0 Å². The number of benzene rings is 2. The second kappa shape index (κ2) is 7.63. The Kier molecular flexibility index (Phi) is 5.03. The molecule has 1 heterocycles. The van der Waals surface area contributed by atoms with Crippen molar-refractivity contribution in [3.63, 3.8) is 0 Å². The van der Waals surface area contributed by atoms with Crippen LogP contribution in [0.3, 0.4) is 0 Å². The van der Waals surface area contributed by atoms with Gasteiger partial charge in [0, 0.05) is 18.4 Å². The minimum absolute atomic E-state index is 0.0267. The molecule has 4 heteroatoms. The highest BCUT2D eigenvalue weighted by Gasteiger charge is 2.24. The molecule has 1 N–H and O–H groups in total. The minimum Gasteiger partial charge on any atom is -0.330 e. The van der Waals surface area contributed by atoms with Crippen molar-refractivity contribution in [2.24, 2.45) is 13.0 Å². The molecule has 0 unspecified atom stereocenters. The van der Waals surface area contributed by atoms with Crippen molar-refractivity contribution in [1.29, 1.82) is 0 Å². The summed E-state index contributed by atoms with van der Waals surface area (Å²) in [4.78, 5) is 26.4. The summed E-state index contributed by atoms with van der Waals surface area (Å²) in [5.41, 5.74) is 3.26. The molecule has 1 aliphatic rings. The third-order valence-electron chi connectivity index (χ3n) is 5.83. The molecule has 3 aromatic rings. The second-order valence-electron chi connectivity index (χ2n) is 7.82. The third-order valence-corrected chi connectivity index (χ3v) is 5.83. The first-order chi connectivity index (χ1) is 13.6. The van der Waals surface area contributed by atoms with E-state index in [4.69, 9.17) is 0 Å². The van der Waals surface area contributed by atoms with E-state index >= 15 is 0 Å². The number of hydrogen-bond acceptors (Lipinski definition) is 2. The maximum absolute atomic E-state index is 13.4. The smallest absolute Gasteiger partial charge is 0.228 e. The van der Waals surface area contributed by atoms with Crippen LogP contribution in [0, 0.1) is 12.8 Å². The fraction of sp³-hybridized carbons (Fsp3) is 0.333. The van der Waals surface area contributed by atoms with E-state index in [2.05, 4.69) is 5.32 Å². The lowest BCUT2D eigenvalue weighted by atomic mass is 9.88. The average Bonchev–Trinajstić information content (AvgIpc) is 2.72. The first-order valence-electron chi connectivity index (χ1n) is 10.1. The zero-order valence-corrected chi connectivity index (χ0v) is 16.5. The van der Waals surface area contributed by atoms with Crippen molar-refractivity contribution in [2.45, 2.75) is 39.0 Å². The summed E-state index contributed by atoms with van der Waals surface area (Å²) >= 11 is 0. The number of hydrogen-bond donors (Lipinski definition) is 1. The number of aryl methyl sites for hydroxylation is 2. The summed E-state index contributed by atoms with van der Waals surface area (Å²) in [5, 5.41) is 3.79. The van der Waals surface area contributed by atoms with E-state index in [0.717, 1.165) is 42.3 Å². The number of aromatic nitrogens is 1. The van der Waals surface area contributed by atoms with Crippen molar-refractivity contribution in [3.8, 4) is 11.1 Å². The summed E-state index contributed by atoms with van der Waals surface area (Å²) < 4.78 is 1.94. The minimum atomic E-state index is -0.0433. The van der Waals surface area contributed by atoms with Crippen molar-refractivity contribution < 1.29 is 4.79 Å². The zero-order chi connectivity index (χ0) is 19.7. The Bertz CT molecular complexity index is 1090.